The SMILES string of the molecule is Cn1[nH]c(=O)c(=O)nc1SCCOCCO. The fraction of sp³-hybridized carbons (Fsp3) is 0.625. The molecule has 2 N–H and O–H groups in total. The molecular formula is C8H13N3O4S. The first-order valence-corrected chi connectivity index (χ1v) is 5.62. The first kappa shape index (κ1) is 12.9. The lowest BCUT2D eigenvalue weighted by molar-refractivity contribution is 0.103. The molecule has 0 fully saturated rings. The number of aromatic nitrogens is 3. The Morgan fingerprint density at radius 2 is 2.25 bits per heavy atom. The van der Waals surface area contributed by atoms with Gasteiger partial charge in [-0.3, -0.25) is 19.4 Å². The third-order valence-corrected chi connectivity index (χ3v) is 2.64. The van der Waals surface area contributed by atoms with Crippen molar-refractivity contribution in [2.75, 3.05) is 25.6 Å². The number of nitrogens with one attached hydrogen (secondary N) is 1. The summed E-state index contributed by atoms with van der Waals surface area (Å²) in [5.74, 6) is 0.590. The summed E-state index contributed by atoms with van der Waals surface area (Å²) in [6, 6.07) is 0. The maximum absolute atomic E-state index is 11.0. The van der Waals surface area contributed by atoms with Gasteiger partial charge in [0.05, 0.1) is 19.8 Å². The summed E-state index contributed by atoms with van der Waals surface area (Å²) in [6.07, 6.45) is 0. The lowest BCUT2D eigenvalue weighted by atomic mass is 10.7. The number of aromatic amines is 1. The van der Waals surface area contributed by atoms with Gasteiger partial charge in [0, 0.05) is 12.8 Å². The molecule has 0 radical (unpaired) electrons. The monoisotopic (exact) mass is 247 g/mol. The van der Waals surface area contributed by atoms with E-state index in [1.54, 1.807) is 7.05 Å². The van der Waals surface area contributed by atoms with E-state index in [4.69, 9.17) is 9.84 Å². The van der Waals surface area contributed by atoms with Gasteiger partial charge in [-0.1, -0.05) is 11.8 Å². The van der Waals surface area contributed by atoms with Gasteiger partial charge in [0.2, 0.25) is 0 Å². The van der Waals surface area contributed by atoms with Crippen molar-refractivity contribution in [3.8, 4) is 0 Å². The lowest BCUT2D eigenvalue weighted by Gasteiger charge is -2.05. The Labute approximate surface area is 95.4 Å². The van der Waals surface area contributed by atoms with Crippen molar-refractivity contribution in [2.24, 2.45) is 7.05 Å². The Kier molecular flexibility index (Phi) is 5.23. The van der Waals surface area contributed by atoms with Gasteiger partial charge in [-0.25, -0.2) is 0 Å². The number of aliphatic hydroxyl groups is 1. The summed E-state index contributed by atoms with van der Waals surface area (Å²) < 4.78 is 6.43. The molecule has 0 aliphatic rings. The summed E-state index contributed by atoms with van der Waals surface area (Å²) in [6.45, 7) is 0.721. The van der Waals surface area contributed by atoms with E-state index in [1.165, 1.54) is 16.4 Å². The van der Waals surface area contributed by atoms with Gasteiger partial charge in [-0.05, 0) is 0 Å². The van der Waals surface area contributed by atoms with Crippen molar-refractivity contribution in [1.82, 2.24) is 14.8 Å². The first-order chi connectivity index (χ1) is 7.65. The topological polar surface area (TPSA) is 97.2 Å². The van der Waals surface area contributed by atoms with Gasteiger partial charge in [0.25, 0.3) is 0 Å². The molecule has 0 aromatic carbocycles. The van der Waals surface area contributed by atoms with Crippen LogP contribution in [0.25, 0.3) is 0 Å². The molecule has 0 unspecified atom stereocenters. The van der Waals surface area contributed by atoms with Crippen LogP contribution in [0, 0.1) is 0 Å². The van der Waals surface area contributed by atoms with Crippen LogP contribution in [0.3, 0.4) is 0 Å². The number of ether oxygens (including phenoxy) is 1. The number of H-pyrrole nitrogens is 1. The van der Waals surface area contributed by atoms with Crippen LogP contribution >= 0.6 is 11.8 Å². The number of rotatable bonds is 6. The number of hydrogen-bond donors (Lipinski definition) is 2. The Morgan fingerprint density at radius 3 is 2.94 bits per heavy atom. The van der Waals surface area contributed by atoms with Crippen LogP contribution in [0.1, 0.15) is 0 Å². The fourth-order valence-electron chi connectivity index (χ4n) is 0.948. The molecule has 0 aliphatic heterocycles. The number of nitrogens with zero attached hydrogens (tertiary/aromatic N) is 2. The van der Waals surface area contributed by atoms with Gasteiger partial charge >= 0.3 is 11.1 Å². The molecular weight excluding hydrogens is 234 g/mol. The highest BCUT2D eigenvalue weighted by Gasteiger charge is 2.03. The Morgan fingerprint density at radius 1 is 1.50 bits per heavy atom. The smallest absolute Gasteiger partial charge is 0.339 e. The van der Waals surface area contributed by atoms with E-state index in [0.29, 0.717) is 24.1 Å². The summed E-state index contributed by atoms with van der Waals surface area (Å²) in [4.78, 5) is 25.5. The van der Waals surface area contributed by atoms with Crippen LogP contribution in [-0.4, -0.2) is 45.4 Å². The van der Waals surface area contributed by atoms with Crippen molar-refractivity contribution in [2.45, 2.75) is 5.16 Å². The summed E-state index contributed by atoms with van der Waals surface area (Å²) in [5.41, 5.74) is -1.53. The second-order valence-electron chi connectivity index (χ2n) is 2.88. The largest absolute Gasteiger partial charge is 0.394 e. The number of hydrogen-bond acceptors (Lipinski definition) is 6. The molecule has 0 atom stereocenters. The highest BCUT2D eigenvalue weighted by atomic mass is 32.2. The van der Waals surface area contributed by atoms with Crippen molar-refractivity contribution in [3.63, 3.8) is 0 Å². The third-order valence-electron chi connectivity index (χ3n) is 1.64. The second kappa shape index (κ2) is 6.46. The van der Waals surface area contributed by atoms with Crippen LogP contribution in [0.15, 0.2) is 14.7 Å². The predicted octanol–water partition coefficient (Wildman–Crippen LogP) is -1.43. The Balaban J connectivity index is 2.51. The zero-order valence-corrected chi connectivity index (χ0v) is 9.62. The van der Waals surface area contributed by atoms with Crippen molar-refractivity contribution in [1.29, 1.82) is 0 Å². The fourth-order valence-corrected chi connectivity index (χ4v) is 1.72. The molecule has 0 spiro atoms. The molecule has 1 aromatic heterocycles. The molecule has 0 amide bonds. The highest BCUT2D eigenvalue weighted by Crippen LogP contribution is 2.10. The zero-order chi connectivity index (χ0) is 12.0. The normalized spacial score (nSPS) is 10.6. The number of thioether (sulfide) groups is 1. The average molecular weight is 247 g/mol. The van der Waals surface area contributed by atoms with Crippen molar-refractivity contribution < 1.29 is 9.84 Å². The third kappa shape index (κ3) is 3.80. The van der Waals surface area contributed by atoms with Crippen LogP contribution in [0.2, 0.25) is 0 Å². The minimum Gasteiger partial charge on any atom is -0.394 e. The number of aliphatic hydroxyl groups excluding tert-OH is 1. The van der Waals surface area contributed by atoms with Gasteiger partial charge < -0.3 is 9.84 Å². The van der Waals surface area contributed by atoms with Gasteiger partial charge in [0.15, 0.2) is 5.16 Å². The van der Waals surface area contributed by atoms with E-state index >= 15 is 0 Å². The molecule has 0 bridgehead atoms. The van der Waals surface area contributed by atoms with E-state index in [-0.39, 0.29) is 6.61 Å². The van der Waals surface area contributed by atoms with Crippen LogP contribution in [0.4, 0.5) is 0 Å². The quantitative estimate of drug-likeness (QED) is 0.363. The molecule has 0 aliphatic carbocycles. The maximum Gasteiger partial charge on any atom is 0.339 e. The zero-order valence-electron chi connectivity index (χ0n) is 8.80. The van der Waals surface area contributed by atoms with Crippen LogP contribution < -0.4 is 11.1 Å². The minimum absolute atomic E-state index is 0.0138. The van der Waals surface area contributed by atoms with Crippen molar-refractivity contribution in [3.05, 3.63) is 20.7 Å². The van der Waals surface area contributed by atoms with Crippen LogP contribution in [-0.2, 0) is 11.8 Å². The van der Waals surface area contributed by atoms with E-state index in [9.17, 15) is 9.59 Å². The van der Waals surface area contributed by atoms with Crippen LogP contribution in [0.5, 0.6) is 0 Å². The standard InChI is InChI=1S/C8H13N3O4S/c1-11-8(9-6(13)7(14)10-11)16-5-4-15-3-2-12/h12H,2-5H2,1H3,(H,10,14). The molecule has 0 saturated heterocycles. The average Bonchev–Trinajstić information content (AvgIpc) is 2.25. The van der Waals surface area contributed by atoms with Gasteiger partial charge in [-0.2, -0.15) is 4.98 Å². The van der Waals surface area contributed by atoms with Gasteiger partial charge in [-0.15, -0.1) is 0 Å². The van der Waals surface area contributed by atoms with E-state index in [0.717, 1.165) is 0 Å². The highest BCUT2D eigenvalue weighted by molar-refractivity contribution is 7.99. The maximum atomic E-state index is 11.0. The minimum atomic E-state index is -0.795. The molecule has 1 heterocycles. The first-order valence-electron chi connectivity index (χ1n) is 4.64. The summed E-state index contributed by atoms with van der Waals surface area (Å²) in [5, 5.41) is 11.2. The molecule has 16 heavy (non-hydrogen) atoms. The van der Waals surface area contributed by atoms with E-state index in [1.807, 2.05) is 0 Å². The van der Waals surface area contributed by atoms with Crippen molar-refractivity contribution >= 4 is 11.8 Å². The molecule has 1 rings (SSSR count). The lowest BCUT2D eigenvalue weighted by Crippen LogP contribution is -2.33. The molecule has 7 nitrogen and oxygen atoms in total. The molecule has 8 heteroatoms. The van der Waals surface area contributed by atoms with E-state index < -0.39 is 11.1 Å². The summed E-state index contributed by atoms with van der Waals surface area (Å²) in [7, 11) is 1.60. The Hall–Kier alpha value is -1.12. The van der Waals surface area contributed by atoms with Gasteiger partial charge in [0.1, 0.15) is 0 Å². The molecule has 1 aromatic rings. The summed E-state index contributed by atoms with van der Waals surface area (Å²) >= 11 is 1.30. The number of aryl methyl sites for hydroxylation is 1. The predicted molar refractivity (Wildman–Crippen MR) is 58.7 cm³/mol. The molecule has 90 valence electrons. The second-order valence-corrected chi connectivity index (χ2v) is 3.95. The molecule has 0 saturated carbocycles. The van der Waals surface area contributed by atoms with E-state index in [2.05, 4.69) is 10.1 Å². The Bertz CT molecular complexity index is 442.